The molecule has 0 radical (unpaired) electrons. The van der Waals surface area contributed by atoms with Gasteiger partial charge in [-0.25, -0.2) is 0 Å². The van der Waals surface area contributed by atoms with Crippen LogP contribution >= 0.6 is 27.5 Å². The van der Waals surface area contributed by atoms with Crippen LogP contribution in [0, 0.1) is 6.92 Å². The van der Waals surface area contributed by atoms with Gasteiger partial charge in [-0.1, -0.05) is 15.9 Å². The molecule has 0 bridgehead atoms. The van der Waals surface area contributed by atoms with Crippen LogP contribution in [0.15, 0.2) is 46.9 Å². The Morgan fingerprint density at radius 2 is 1.86 bits per heavy atom. The van der Waals surface area contributed by atoms with E-state index in [4.69, 9.17) is 0 Å². The van der Waals surface area contributed by atoms with Crippen LogP contribution in [-0.2, 0) is 0 Å². The van der Waals surface area contributed by atoms with Crippen molar-refractivity contribution in [2.45, 2.75) is 12.5 Å². The molecule has 116 valence electrons. The highest BCUT2D eigenvalue weighted by Gasteiger charge is 2.27. The molecule has 2 aromatic carbocycles. The second kappa shape index (κ2) is 6.62. The summed E-state index contributed by atoms with van der Waals surface area (Å²) < 4.78 is 30.1. The number of halogens is 4. The van der Waals surface area contributed by atoms with E-state index in [2.05, 4.69) is 37.6 Å². The van der Waals surface area contributed by atoms with E-state index in [-0.39, 0.29) is 11.7 Å². The van der Waals surface area contributed by atoms with Crippen molar-refractivity contribution in [1.29, 1.82) is 0 Å². The van der Waals surface area contributed by atoms with Crippen LogP contribution in [0.1, 0.15) is 15.9 Å². The summed E-state index contributed by atoms with van der Waals surface area (Å²) in [6, 6.07) is 10.7. The zero-order valence-corrected chi connectivity index (χ0v) is 13.7. The Labute approximate surface area is 139 Å². The van der Waals surface area contributed by atoms with E-state index < -0.39 is 5.57 Å². The fourth-order valence-electron chi connectivity index (χ4n) is 1.73. The first-order valence-corrected chi connectivity index (χ1v) is 7.35. The third-order valence-corrected chi connectivity index (χ3v) is 3.73. The Hall–Kier alpha value is -1.66. The molecule has 0 aliphatic carbocycles. The Morgan fingerprint density at radius 1 is 1.23 bits per heavy atom. The minimum Gasteiger partial charge on any atom is -0.420 e. The van der Waals surface area contributed by atoms with Gasteiger partial charge in [0.1, 0.15) is 5.75 Å². The number of hydrogen-bond acceptors (Lipinski definition) is 2. The van der Waals surface area contributed by atoms with Crippen LogP contribution in [0.25, 0.3) is 0 Å². The van der Waals surface area contributed by atoms with Crippen molar-refractivity contribution in [2.24, 2.45) is 0 Å². The molecular formula is C15H11BrClF2NO2. The van der Waals surface area contributed by atoms with Crippen molar-refractivity contribution in [3.05, 3.63) is 58.1 Å². The van der Waals surface area contributed by atoms with Crippen molar-refractivity contribution >= 4 is 39.1 Å². The number of hydrogen-bond donors (Lipinski definition) is 1. The summed E-state index contributed by atoms with van der Waals surface area (Å²) in [7, 11) is 0. The van der Waals surface area contributed by atoms with Crippen molar-refractivity contribution in [1.82, 2.24) is 0 Å². The van der Waals surface area contributed by atoms with Gasteiger partial charge in [0.25, 0.3) is 5.91 Å². The van der Waals surface area contributed by atoms with Gasteiger partial charge in [0, 0.05) is 27.3 Å². The molecule has 0 fully saturated rings. The van der Waals surface area contributed by atoms with E-state index >= 15 is 0 Å². The molecule has 0 aliphatic heterocycles. The van der Waals surface area contributed by atoms with E-state index in [9.17, 15) is 13.6 Å². The molecule has 22 heavy (non-hydrogen) atoms. The zero-order chi connectivity index (χ0) is 16.3. The summed E-state index contributed by atoms with van der Waals surface area (Å²) in [5, 5.41) is 2.66. The normalized spacial score (nSPS) is 11.1. The number of anilines is 1. The van der Waals surface area contributed by atoms with Gasteiger partial charge in [0.05, 0.1) is 0 Å². The molecule has 0 saturated carbocycles. The molecule has 0 unspecified atom stereocenters. The smallest absolute Gasteiger partial charge is 0.420 e. The summed E-state index contributed by atoms with van der Waals surface area (Å²) in [6.45, 7) is 1.87. The Balaban J connectivity index is 2.07. The highest BCUT2D eigenvalue weighted by molar-refractivity contribution is 9.10. The molecule has 0 aromatic heterocycles. The maximum atomic E-state index is 12.5. The minimum atomic E-state index is -3.76. The number of ether oxygens (including phenoxy) is 1. The molecule has 0 saturated heterocycles. The summed E-state index contributed by atoms with van der Waals surface area (Å²) in [6.07, 6.45) is 0. The summed E-state index contributed by atoms with van der Waals surface area (Å²) >= 11 is 8.03. The highest BCUT2D eigenvalue weighted by atomic mass is 79.9. The van der Waals surface area contributed by atoms with Crippen LogP contribution < -0.4 is 10.1 Å². The molecule has 3 nitrogen and oxygen atoms in total. The monoisotopic (exact) mass is 389 g/mol. The number of alkyl halides is 3. The van der Waals surface area contributed by atoms with Gasteiger partial charge in [-0.15, -0.1) is 8.78 Å². The number of rotatable bonds is 4. The molecule has 7 heteroatoms. The van der Waals surface area contributed by atoms with Gasteiger partial charge in [0.2, 0.25) is 0 Å². The Kier molecular flexibility index (Phi) is 5.03. The SMILES string of the molecule is Cc1cc(C(=O)Nc2ccc(OC(F)(F)Cl)cc2)ccc1Br. The van der Waals surface area contributed by atoms with E-state index in [1.807, 2.05) is 6.92 Å². The number of amides is 1. The molecular weight excluding hydrogens is 380 g/mol. The summed E-state index contributed by atoms with van der Waals surface area (Å²) in [4.78, 5) is 12.1. The Bertz CT molecular complexity index is 687. The number of aryl methyl sites for hydroxylation is 1. The van der Waals surface area contributed by atoms with Crippen molar-refractivity contribution in [3.8, 4) is 5.75 Å². The largest absolute Gasteiger partial charge is 0.487 e. The maximum Gasteiger partial charge on any atom is 0.487 e. The molecule has 1 amide bonds. The van der Waals surface area contributed by atoms with E-state index in [0.717, 1.165) is 10.0 Å². The number of carbonyl (C=O) groups is 1. The first kappa shape index (κ1) is 16.7. The van der Waals surface area contributed by atoms with Gasteiger partial charge in [-0.3, -0.25) is 4.79 Å². The van der Waals surface area contributed by atoms with E-state index in [0.29, 0.717) is 11.3 Å². The third kappa shape index (κ3) is 4.68. The second-order valence-corrected chi connectivity index (χ2v) is 5.78. The third-order valence-electron chi connectivity index (χ3n) is 2.77. The van der Waals surface area contributed by atoms with Gasteiger partial charge < -0.3 is 10.1 Å². The quantitative estimate of drug-likeness (QED) is 0.731. The van der Waals surface area contributed by atoms with Gasteiger partial charge >= 0.3 is 5.57 Å². The molecule has 0 aliphatic rings. The molecule has 1 N–H and O–H groups in total. The second-order valence-electron chi connectivity index (χ2n) is 4.49. The summed E-state index contributed by atoms with van der Waals surface area (Å²) in [5.74, 6) is -0.399. The Morgan fingerprint density at radius 3 is 2.41 bits per heavy atom. The molecule has 0 heterocycles. The predicted molar refractivity (Wildman–Crippen MR) is 84.7 cm³/mol. The lowest BCUT2D eigenvalue weighted by atomic mass is 10.1. The lowest BCUT2D eigenvalue weighted by molar-refractivity contribution is -0.0964. The fraction of sp³-hybridized carbons (Fsp3) is 0.133. The predicted octanol–water partition coefficient (Wildman–Crippen LogP) is 5.18. The topological polar surface area (TPSA) is 38.3 Å². The van der Waals surface area contributed by atoms with Crippen LogP contribution in [0.4, 0.5) is 14.5 Å². The molecule has 0 spiro atoms. The number of benzene rings is 2. The van der Waals surface area contributed by atoms with E-state index in [1.165, 1.54) is 24.3 Å². The number of carbonyl (C=O) groups excluding carboxylic acids is 1. The van der Waals surface area contributed by atoms with Crippen LogP contribution in [-0.4, -0.2) is 11.5 Å². The molecule has 2 rings (SSSR count). The van der Waals surface area contributed by atoms with Gasteiger partial charge in [0.15, 0.2) is 0 Å². The minimum absolute atomic E-state index is 0.0996. The lowest BCUT2D eigenvalue weighted by Gasteiger charge is -2.11. The standard InChI is InChI=1S/C15H11BrClF2NO2/c1-9-8-10(2-7-13(9)16)14(21)20-11-3-5-12(6-4-11)22-15(17,18)19/h2-8H,1H3,(H,20,21). The fourth-order valence-corrected chi connectivity index (χ4v) is 2.06. The van der Waals surface area contributed by atoms with Crippen molar-refractivity contribution < 1.29 is 18.3 Å². The maximum absolute atomic E-state index is 12.5. The first-order chi connectivity index (χ1) is 10.2. The summed E-state index contributed by atoms with van der Waals surface area (Å²) in [5.41, 5.74) is -1.88. The molecule has 0 atom stereocenters. The zero-order valence-electron chi connectivity index (χ0n) is 11.4. The van der Waals surface area contributed by atoms with Crippen molar-refractivity contribution in [2.75, 3.05) is 5.32 Å². The van der Waals surface area contributed by atoms with E-state index in [1.54, 1.807) is 18.2 Å². The van der Waals surface area contributed by atoms with Crippen LogP contribution in [0.2, 0.25) is 0 Å². The average Bonchev–Trinajstić information content (AvgIpc) is 2.42. The number of nitrogens with one attached hydrogen (secondary N) is 1. The molecule has 2 aromatic rings. The lowest BCUT2D eigenvalue weighted by Crippen LogP contribution is -2.15. The first-order valence-electron chi connectivity index (χ1n) is 6.18. The van der Waals surface area contributed by atoms with Crippen LogP contribution in [0.3, 0.4) is 0 Å². The van der Waals surface area contributed by atoms with Crippen molar-refractivity contribution in [3.63, 3.8) is 0 Å². The van der Waals surface area contributed by atoms with Gasteiger partial charge in [-0.05, 0) is 55.0 Å². The van der Waals surface area contributed by atoms with Crippen LogP contribution in [0.5, 0.6) is 5.75 Å². The van der Waals surface area contributed by atoms with Gasteiger partial charge in [-0.2, -0.15) is 0 Å². The average molecular weight is 391 g/mol. The highest BCUT2D eigenvalue weighted by Crippen LogP contribution is 2.26.